The first kappa shape index (κ1) is 20.3. The third-order valence-electron chi connectivity index (χ3n) is 5.11. The molecule has 1 aliphatic heterocycles. The Labute approximate surface area is 170 Å². The number of urea groups is 1. The number of para-hydroxylation sites is 1. The fraction of sp³-hybridized carbons (Fsp3) is 0.476. The van der Waals surface area contributed by atoms with Crippen LogP contribution in [0.15, 0.2) is 29.6 Å². The maximum Gasteiger partial charge on any atom is 0.321 e. The van der Waals surface area contributed by atoms with E-state index in [1.807, 2.05) is 43.0 Å². The average Bonchev–Trinajstić information content (AvgIpc) is 3.18. The molecule has 0 atom stereocenters. The summed E-state index contributed by atoms with van der Waals surface area (Å²) in [5.74, 6) is 0.485. The zero-order valence-electron chi connectivity index (χ0n) is 16.5. The van der Waals surface area contributed by atoms with E-state index in [1.165, 1.54) is 0 Å². The number of nitrogens with one attached hydrogen (secondary N) is 2. The number of thiazole rings is 1. The molecule has 150 valence electrons. The molecule has 2 N–H and O–H groups in total. The molecule has 1 aromatic carbocycles. The van der Waals surface area contributed by atoms with Gasteiger partial charge in [-0.15, -0.1) is 11.3 Å². The third-order valence-corrected chi connectivity index (χ3v) is 6.17. The van der Waals surface area contributed by atoms with Crippen molar-refractivity contribution < 1.29 is 9.59 Å². The minimum Gasteiger partial charge on any atom is -0.356 e. The zero-order valence-corrected chi connectivity index (χ0v) is 17.3. The summed E-state index contributed by atoms with van der Waals surface area (Å²) in [5.41, 5.74) is 2.97. The molecule has 0 saturated carbocycles. The van der Waals surface area contributed by atoms with Crippen molar-refractivity contribution in [3.05, 3.63) is 45.9 Å². The molecule has 1 saturated heterocycles. The van der Waals surface area contributed by atoms with Gasteiger partial charge in [-0.05, 0) is 31.4 Å². The van der Waals surface area contributed by atoms with Crippen LogP contribution in [-0.4, -0.2) is 41.5 Å². The van der Waals surface area contributed by atoms with Gasteiger partial charge in [-0.25, -0.2) is 9.78 Å². The van der Waals surface area contributed by atoms with Crippen LogP contribution >= 0.6 is 11.3 Å². The van der Waals surface area contributed by atoms with Gasteiger partial charge in [0.25, 0.3) is 0 Å². The standard InChI is InChI=1S/C21H28N4O2S/c1-3-19(26)22-11-8-17-14-28-20(23-17)16-9-12-25(13-10-16)21(27)24-18-7-5-4-6-15(18)2/h4-7,14,16H,3,8-13H2,1-2H3,(H,22,26)(H,24,27). The quantitative estimate of drug-likeness (QED) is 0.771. The summed E-state index contributed by atoms with van der Waals surface area (Å²) in [5, 5.41) is 9.14. The van der Waals surface area contributed by atoms with E-state index < -0.39 is 0 Å². The van der Waals surface area contributed by atoms with Gasteiger partial charge in [0.2, 0.25) is 5.91 Å². The maximum absolute atomic E-state index is 12.5. The van der Waals surface area contributed by atoms with E-state index in [9.17, 15) is 9.59 Å². The summed E-state index contributed by atoms with van der Waals surface area (Å²) in [4.78, 5) is 30.5. The van der Waals surface area contributed by atoms with Crippen LogP contribution in [0.4, 0.5) is 10.5 Å². The summed E-state index contributed by atoms with van der Waals surface area (Å²) < 4.78 is 0. The third kappa shape index (κ3) is 5.32. The van der Waals surface area contributed by atoms with E-state index in [0.29, 0.717) is 18.9 Å². The predicted molar refractivity (Wildman–Crippen MR) is 113 cm³/mol. The van der Waals surface area contributed by atoms with Crippen LogP contribution < -0.4 is 10.6 Å². The van der Waals surface area contributed by atoms with Crippen LogP contribution in [-0.2, 0) is 11.2 Å². The Hall–Kier alpha value is -2.41. The summed E-state index contributed by atoms with van der Waals surface area (Å²) in [7, 11) is 0. The minimum atomic E-state index is -0.0285. The highest BCUT2D eigenvalue weighted by Gasteiger charge is 2.25. The number of carbonyl (C=O) groups is 2. The maximum atomic E-state index is 12.5. The Bertz CT molecular complexity index is 812. The zero-order chi connectivity index (χ0) is 19.9. The summed E-state index contributed by atoms with van der Waals surface area (Å²) in [6.45, 7) is 5.96. The van der Waals surface area contributed by atoms with Crippen molar-refractivity contribution in [2.24, 2.45) is 0 Å². The lowest BCUT2D eigenvalue weighted by atomic mass is 9.98. The summed E-state index contributed by atoms with van der Waals surface area (Å²) in [6.07, 6.45) is 3.14. The van der Waals surface area contributed by atoms with E-state index in [2.05, 4.69) is 16.0 Å². The Morgan fingerprint density at radius 2 is 2.00 bits per heavy atom. The number of aryl methyl sites for hydroxylation is 1. The van der Waals surface area contributed by atoms with Crippen molar-refractivity contribution in [1.29, 1.82) is 0 Å². The van der Waals surface area contributed by atoms with Crippen LogP contribution in [0, 0.1) is 6.92 Å². The van der Waals surface area contributed by atoms with Crippen molar-refractivity contribution in [3.8, 4) is 0 Å². The normalized spacial score (nSPS) is 14.7. The highest BCUT2D eigenvalue weighted by molar-refractivity contribution is 7.09. The highest BCUT2D eigenvalue weighted by Crippen LogP contribution is 2.30. The van der Waals surface area contributed by atoms with Crippen molar-refractivity contribution in [1.82, 2.24) is 15.2 Å². The van der Waals surface area contributed by atoms with Gasteiger partial charge in [-0.3, -0.25) is 4.79 Å². The van der Waals surface area contributed by atoms with E-state index in [4.69, 9.17) is 4.98 Å². The number of carbonyl (C=O) groups excluding carboxylic acids is 2. The Balaban J connectivity index is 1.47. The lowest BCUT2D eigenvalue weighted by molar-refractivity contribution is -0.120. The number of rotatable bonds is 6. The Morgan fingerprint density at radius 1 is 1.25 bits per heavy atom. The number of anilines is 1. The van der Waals surface area contributed by atoms with Gasteiger partial charge in [0.05, 0.1) is 10.7 Å². The van der Waals surface area contributed by atoms with E-state index in [1.54, 1.807) is 11.3 Å². The molecule has 0 unspecified atom stereocenters. The molecule has 28 heavy (non-hydrogen) atoms. The Morgan fingerprint density at radius 3 is 2.71 bits per heavy atom. The van der Waals surface area contributed by atoms with Gasteiger partial charge in [-0.2, -0.15) is 0 Å². The summed E-state index contributed by atoms with van der Waals surface area (Å²) in [6, 6.07) is 7.80. The number of likely N-dealkylation sites (tertiary alicyclic amines) is 1. The molecule has 3 rings (SSSR count). The van der Waals surface area contributed by atoms with Crippen molar-refractivity contribution in [2.45, 2.75) is 45.4 Å². The van der Waals surface area contributed by atoms with Gasteiger partial charge in [-0.1, -0.05) is 25.1 Å². The second-order valence-corrected chi connectivity index (χ2v) is 8.03. The molecule has 2 aromatic rings. The minimum absolute atomic E-state index is 0.0285. The van der Waals surface area contributed by atoms with Gasteiger partial charge in [0, 0.05) is 49.5 Å². The average molecular weight is 401 g/mol. The number of piperidine rings is 1. The lowest BCUT2D eigenvalue weighted by Crippen LogP contribution is -2.40. The number of amides is 3. The molecule has 6 nitrogen and oxygen atoms in total. The molecule has 7 heteroatoms. The van der Waals surface area contributed by atoms with Gasteiger partial charge in [0.1, 0.15) is 0 Å². The van der Waals surface area contributed by atoms with Crippen molar-refractivity contribution in [2.75, 3.05) is 25.0 Å². The molecular weight excluding hydrogens is 372 g/mol. The monoisotopic (exact) mass is 400 g/mol. The van der Waals surface area contributed by atoms with Crippen LogP contribution in [0.25, 0.3) is 0 Å². The van der Waals surface area contributed by atoms with Crippen LogP contribution in [0.5, 0.6) is 0 Å². The lowest BCUT2D eigenvalue weighted by Gasteiger charge is -2.31. The second-order valence-electron chi connectivity index (χ2n) is 7.14. The second kappa shape index (κ2) is 9.68. The smallest absolute Gasteiger partial charge is 0.321 e. The molecule has 0 radical (unpaired) electrons. The number of nitrogens with zero attached hydrogens (tertiary/aromatic N) is 2. The van der Waals surface area contributed by atoms with Crippen LogP contribution in [0.2, 0.25) is 0 Å². The number of aromatic nitrogens is 1. The van der Waals surface area contributed by atoms with Crippen LogP contribution in [0.3, 0.4) is 0 Å². The van der Waals surface area contributed by atoms with Gasteiger partial charge in [0.15, 0.2) is 0 Å². The Kier molecular flexibility index (Phi) is 7.03. The highest BCUT2D eigenvalue weighted by atomic mass is 32.1. The number of benzene rings is 1. The molecule has 3 amide bonds. The van der Waals surface area contributed by atoms with Gasteiger partial charge >= 0.3 is 6.03 Å². The fourth-order valence-corrected chi connectivity index (χ4v) is 4.34. The van der Waals surface area contributed by atoms with E-state index in [0.717, 1.165) is 54.3 Å². The van der Waals surface area contributed by atoms with Crippen molar-refractivity contribution in [3.63, 3.8) is 0 Å². The topological polar surface area (TPSA) is 74.3 Å². The van der Waals surface area contributed by atoms with Crippen LogP contribution in [0.1, 0.15) is 48.4 Å². The summed E-state index contributed by atoms with van der Waals surface area (Å²) >= 11 is 1.69. The first-order chi connectivity index (χ1) is 13.6. The van der Waals surface area contributed by atoms with Gasteiger partial charge < -0.3 is 15.5 Å². The van der Waals surface area contributed by atoms with E-state index in [-0.39, 0.29) is 11.9 Å². The molecule has 0 bridgehead atoms. The SMILES string of the molecule is CCC(=O)NCCc1csc(C2CCN(C(=O)Nc3ccccc3C)CC2)n1. The predicted octanol–water partition coefficient (Wildman–Crippen LogP) is 3.93. The number of hydrogen-bond donors (Lipinski definition) is 2. The largest absolute Gasteiger partial charge is 0.356 e. The first-order valence-corrected chi connectivity index (χ1v) is 10.8. The first-order valence-electron chi connectivity index (χ1n) is 9.89. The fourth-order valence-electron chi connectivity index (χ4n) is 3.32. The molecule has 0 aliphatic carbocycles. The van der Waals surface area contributed by atoms with Crippen molar-refractivity contribution >= 4 is 29.0 Å². The molecule has 2 heterocycles. The molecule has 1 aromatic heterocycles. The number of hydrogen-bond acceptors (Lipinski definition) is 4. The van der Waals surface area contributed by atoms with E-state index >= 15 is 0 Å². The molecule has 1 fully saturated rings. The molecule has 1 aliphatic rings. The molecular formula is C21H28N4O2S. The molecule has 0 spiro atoms.